The first-order chi connectivity index (χ1) is 11.5. The van der Waals surface area contributed by atoms with Crippen LogP contribution in [0.1, 0.15) is 30.9 Å². The second kappa shape index (κ2) is 8.38. The van der Waals surface area contributed by atoms with Gasteiger partial charge in [-0.15, -0.1) is 0 Å². The molecule has 0 saturated carbocycles. The highest BCUT2D eigenvalue weighted by Crippen LogP contribution is 2.38. The van der Waals surface area contributed by atoms with E-state index in [4.69, 9.17) is 4.74 Å². The van der Waals surface area contributed by atoms with Crippen molar-refractivity contribution < 1.29 is 18.3 Å². The zero-order valence-electron chi connectivity index (χ0n) is 13.4. The Hall–Kier alpha value is -1.75. The average molecular weight is 397 g/mol. The first-order valence-corrected chi connectivity index (χ1v) is 8.92. The van der Waals surface area contributed by atoms with Crippen LogP contribution in [0.3, 0.4) is 0 Å². The molecule has 0 amide bonds. The van der Waals surface area contributed by atoms with Gasteiger partial charge in [0.1, 0.15) is 17.0 Å². The average Bonchev–Trinajstić information content (AvgIpc) is 2.58. The van der Waals surface area contributed by atoms with Crippen LogP contribution >= 0.6 is 15.9 Å². The molecule has 0 bridgehead atoms. The minimum absolute atomic E-state index is 0.233. The van der Waals surface area contributed by atoms with E-state index in [0.717, 1.165) is 0 Å². The molecule has 0 N–H and O–H groups in total. The Kier molecular flexibility index (Phi) is 6.49. The van der Waals surface area contributed by atoms with Crippen molar-refractivity contribution in [2.75, 3.05) is 11.9 Å². The van der Waals surface area contributed by atoms with Crippen molar-refractivity contribution in [3.05, 3.63) is 71.3 Å². The van der Waals surface area contributed by atoms with Crippen molar-refractivity contribution in [2.24, 2.45) is 0 Å². The number of rotatable bonds is 7. The summed E-state index contributed by atoms with van der Waals surface area (Å²) < 4.78 is 32.0. The Labute approximate surface area is 149 Å². The van der Waals surface area contributed by atoms with Gasteiger partial charge in [-0.1, -0.05) is 40.2 Å². The van der Waals surface area contributed by atoms with Gasteiger partial charge in [0.2, 0.25) is 0 Å². The highest BCUT2D eigenvalue weighted by molar-refractivity contribution is 9.09. The predicted octanol–water partition coefficient (Wildman–Crippen LogP) is 4.99. The molecule has 0 atom stereocenters. The molecule has 24 heavy (non-hydrogen) atoms. The Morgan fingerprint density at radius 3 is 1.83 bits per heavy atom. The fourth-order valence-corrected chi connectivity index (χ4v) is 3.13. The van der Waals surface area contributed by atoms with Gasteiger partial charge in [0.05, 0.1) is 6.61 Å². The van der Waals surface area contributed by atoms with Gasteiger partial charge in [0.25, 0.3) is 0 Å². The number of esters is 1. The minimum Gasteiger partial charge on any atom is -0.465 e. The largest absolute Gasteiger partial charge is 0.465 e. The maximum Gasteiger partial charge on any atom is 0.321 e. The van der Waals surface area contributed by atoms with E-state index in [0.29, 0.717) is 29.3 Å². The lowest BCUT2D eigenvalue weighted by Crippen LogP contribution is -2.39. The summed E-state index contributed by atoms with van der Waals surface area (Å²) in [4.78, 5) is 12.9. The van der Waals surface area contributed by atoms with Gasteiger partial charge in [-0.25, -0.2) is 8.78 Å². The molecule has 0 heterocycles. The smallest absolute Gasteiger partial charge is 0.321 e. The first kappa shape index (κ1) is 18.6. The van der Waals surface area contributed by atoms with Crippen LogP contribution in [0.4, 0.5) is 8.78 Å². The van der Waals surface area contributed by atoms with Gasteiger partial charge >= 0.3 is 5.97 Å². The Bertz CT molecular complexity index is 623. The maximum atomic E-state index is 13.4. The molecule has 0 aromatic heterocycles. The van der Waals surface area contributed by atoms with E-state index >= 15 is 0 Å². The van der Waals surface area contributed by atoms with Crippen LogP contribution in [0.25, 0.3) is 0 Å². The number of hydrogen-bond acceptors (Lipinski definition) is 2. The summed E-state index contributed by atoms with van der Waals surface area (Å²) in [6.07, 6.45) is 1.17. The van der Waals surface area contributed by atoms with Crippen molar-refractivity contribution in [1.29, 1.82) is 0 Å². The highest BCUT2D eigenvalue weighted by Gasteiger charge is 2.43. The van der Waals surface area contributed by atoms with Gasteiger partial charge in [-0.2, -0.15) is 0 Å². The van der Waals surface area contributed by atoms with Crippen LogP contribution < -0.4 is 0 Å². The lowest BCUT2D eigenvalue weighted by Gasteiger charge is -2.32. The van der Waals surface area contributed by atoms with E-state index in [1.165, 1.54) is 24.3 Å². The molecular weight excluding hydrogens is 378 g/mol. The molecule has 2 aromatic rings. The molecular formula is C19H19BrF2O2. The SMILES string of the molecule is CCOC(=O)C(CCCBr)(c1ccc(F)cc1)c1ccc(F)cc1. The van der Waals surface area contributed by atoms with Crippen molar-refractivity contribution in [3.8, 4) is 0 Å². The third kappa shape index (κ3) is 3.83. The molecule has 2 rings (SSSR count). The van der Waals surface area contributed by atoms with Crippen molar-refractivity contribution >= 4 is 21.9 Å². The van der Waals surface area contributed by atoms with Crippen LogP contribution in [0.15, 0.2) is 48.5 Å². The topological polar surface area (TPSA) is 26.3 Å². The molecule has 0 fully saturated rings. The summed E-state index contributed by atoms with van der Waals surface area (Å²) in [5, 5.41) is 0.705. The summed E-state index contributed by atoms with van der Waals surface area (Å²) >= 11 is 3.39. The summed E-state index contributed by atoms with van der Waals surface area (Å²) in [6.45, 7) is 1.97. The first-order valence-electron chi connectivity index (χ1n) is 7.80. The number of hydrogen-bond donors (Lipinski definition) is 0. The summed E-state index contributed by atoms with van der Waals surface area (Å²) in [5.74, 6) is -1.17. The molecule has 2 nitrogen and oxygen atoms in total. The van der Waals surface area contributed by atoms with Gasteiger partial charge < -0.3 is 4.74 Å². The monoisotopic (exact) mass is 396 g/mol. The third-order valence-electron chi connectivity index (χ3n) is 3.98. The van der Waals surface area contributed by atoms with Crippen molar-refractivity contribution in [3.63, 3.8) is 0 Å². The number of ether oxygens (including phenoxy) is 1. The molecule has 0 saturated heterocycles. The second-order valence-corrected chi connectivity index (χ2v) is 6.23. The zero-order chi connectivity index (χ0) is 17.6. The molecule has 0 radical (unpaired) electrons. The molecule has 0 unspecified atom stereocenters. The summed E-state index contributed by atoms with van der Waals surface area (Å²) in [5.41, 5.74) is 0.176. The van der Waals surface area contributed by atoms with Gasteiger partial charge in [0.15, 0.2) is 0 Å². The van der Waals surface area contributed by atoms with Crippen LogP contribution in [0, 0.1) is 11.6 Å². The Morgan fingerprint density at radius 1 is 1.00 bits per heavy atom. The zero-order valence-corrected chi connectivity index (χ0v) is 15.0. The number of benzene rings is 2. The Balaban J connectivity index is 2.64. The lowest BCUT2D eigenvalue weighted by atomic mass is 9.71. The minimum atomic E-state index is -1.09. The molecule has 0 aliphatic carbocycles. The quantitative estimate of drug-likeness (QED) is 0.486. The van der Waals surface area contributed by atoms with E-state index in [-0.39, 0.29) is 18.2 Å². The van der Waals surface area contributed by atoms with E-state index in [2.05, 4.69) is 15.9 Å². The fraction of sp³-hybridized carbons (Fsp3) is 0.316. The maximum absolute atomic E-state index is 13.4. The lowest BCUT2D eigenvalue weighted by molar-refractivity contribution is -0.148. The molecule has 5 heteroatoms. The molecule has 0 spiro atoms. The predicted molar refractivity (Wildman–Crippen MR) is 93.2 cm³/mol. The van der Waals surface area contributed by atoms with E-state index < -0.39 is 11.4 Å². The van der Waals surface area contributed by atoms with Crippen LogP contribution in [-0.4, -0.2) is 17.9 Å². The van der Waals surface area contributed by atoms with Crippen LogP contribution in [0.2, 0.25) is 0 Å². The molecule has 0 aliphatic rings. The van der Waals surface area contributed by atoms with E-state index in [9.17, 15) is 13.6 Å². The number of carbonyl (C=O) groups is 1. The normalized spacial score (nSPS) is 11.3. The number of carbonyl (C=O) groups excluding carboxylic acids is 1. The van der Waals surface area contributed by atoms with E-state index in [1.807, 2.05) is 0 Å². The van der Waals surface area contributed by atoms with Crippen LogP contribution in [0.5, 0.6) is 0 Å². The second-order valence-electron chi connectivity index (χ2n) is 5.43. The fourth-order valence-electron chi connectivity index (χ4n) is 2.85. The van der Waals surface area contributed by atoms with Gasteiger partial charge in [-0.3, -0.25) is 4.79 Å². The summed E-state index contributed by atoms with van der Waals surface area (Å²) in [6, 6.07) is 11.6. The van der Waals surface area contributed by atoms with Crippen molar-refractivity contribution in [2.45, 2.75) is 25.2 Å². The summed E-state index contributed by atoms with van der Waals surface area (Å²) in [7, 11) is 0. The number of halogens is 3. The standard InChI is InChI=1S/C19H19BrF2O2/c1-2-24-18(23)19(12-3-13-20,14-4-8-16(21)9-5-14)15-6-10-17(22)11-7-15/h4-11H,2-3,12-13H2,1H3. The molecule has 0 aliphatic heterocycles. The van der Waals surface area contributed by atoms with Crippen molar-refractivity contribution in [1.82, 2.24) is 0 Å². The molecule has 128 valence electrons. The molecule has 2 aromatic carbocycles. The highest BCUT2D eigenvalue weighted by atomic mass is 79.9. The van der Waals surface area contributed by atoms with Gasteiger partial charge in [-0.05, 0) is 55.2 Å². The van der Waals surface area contributed by atoms with Crippen LogP contribution in [-0.2, 0) is 14.9 Å². The Morgan fingerprint density at radius 2 is 1.46 bits per heavy atom. The number of alkyl halides is 1. The third-order valence-corrected chi connectivity index (χ3v) is 4.54. The van der Waals surface area contributed by atoms with Gasteiger partial charge in [0, 0.05) is 5.33 Å². The van der Waals surface area contributed by atoms with E-state index in [1.54, 1.807) is 31.2 Å².